The van der Waals surface area contributed by atoms with Crippen LogP contribution >= 0.6 is 0 Å². The van der Waals surface area contributed by atoms with E-state index in [0.29, 0.717) is 5.56 Å². The normalized spacial score (nSPS) is 14.1. The minimum atomic E-state index is -0.944. The SMILES string of the molecule is Cc1ccc(F)c(C(O)C(CN)c2ccccc2C)c1. The third-order valence-corrected chi connectivity index (χ3v) is 3.69. The predicted molar refractivity (Wildman–Crippen MR) is 79.1 cm³/mol. The molecule has 0 aromatic heterocycles. The fraction of sp³-hybridized carbons (Fsp3) is 0.294. The molecule has 2 aromatic carbocycles. The summed E-state index contributed by atoms with van der Waals surface area (Å²) < 4.78 is 13.9. The molecule has 3 N–H and O–H groups in total. The Morgan fingerprint density at radius 1 is 1.10 bits per heavy atom. The molecule has 0 bridgehead atoms. The fourth-order valence-electron chi connectivity index (χ4n) is 2.54. The van der Waals surface area contributed by atoms with Gasteiger partial charge in [0.1, 0.15) is 5.82 Å². The van der Waals surface area contributed by atoms with E-state index in [9.17, 15) is 9.50 Å². The molecule has 0 heterocycles. The van der Waals surface area contributed by atoms with Crippen molar-refractivity contribution in [1.82, 2.24) is 0 Å². The molecule has 0 spiro atoms. The van der Waals surface area contributed by atoms with Crippen molar-refractivity contribution in [3.05, 3.63) is 70.5 Å². The lowest BCUT2D eigenvalue weighted by atomic mass is 9.86. The molecule has 3 heteroatoms. The van der Waals surface area contributed by atoms with Gasteiger partial charge in [0.15, 0.2) is 0 Å². The van der Waals surface area contributed by atoms with E-state index in [1.807, 2.05) is 38.1 Å². The van der Waals surface area contributed by atoms with Gasteiger partial charge >= 0.3 is 0 Å². The number of halogens is 1. The van der Waals surface area contributed by atoms with E-state index in [0.717, 1.165) is 16.7 Å². The molecule has 0 aliphatic rings. The van der Waals surface area contributed by atoms with E-state index in [2.05, 4.69) is 0 Å². The van der Waals surface area contributed by atoms with Gasteiger partial charge in [0.25, 0.3) is 0 Å². The van der Waals surface area contributed by atoms with Gasteiger partial charge in [-0.25, -0.2) is 4.39 Å². The highest BCUT2D eigenvalue weighted by atomic mass is 19.1. The van der Waals surface area contributed by atoms with Crippen molar-refractivity contribution >= 4 is 0 Å². The Labute approximate surface area is 119 Å². The molecule has 2 unspecified atom stereocenters. The highest BCUT2D eigenvalue weighted by Crippen LogP contribution is 2.33. The number of aliphatic hydroxyl groups excluding tert-OH is 1. The van der Waals surface area contributed by atoms with E-state index < -0.39 is 11.9 Å². The fourth-order valence-corrected chi connectivity index (χ4v) is 2.54. The number of rotatable bonds is 4. The summed E-state index contributed by atoms with van der Waals surface area (Å²) in [4.78, 5) is 0. The number of aliphatic hydroxyl groups is 1. The van der Waals surface area contributed by atoms with Crippen LogP contribution in [0.2, 0.25) is 0 Å². The Hall–Kier alpha value is -1.71. The third-order valence-electron chi connectivity index (χ3n) is 3.69. The maximum absolute atomic E-state index is 13.9. The molecule has 0 aliphatic heterocycles. The van der Waals surface area contributed by atoms with Gasteiger partial charge in [-0.05, 0) is 31.0 Å². The van der Waals surface area contributed by atoms with Crippen LogP contribution in [0.3, 0.4) is 0 Å². The van der Waals surface area contributed by atoms with Gasteiger partial charge in [-0.3, -0.25) is 0 Å². The van der Waals surface area contributed by atoms with E-state index in [1.54, 1.807) is 12.1 Å². The molecule has 0 amide bonds. The predicted octanol–water partition coefficient (Wildman–Crippen LogP) is 3.22. The minimum Gasteiger partial charge on any atom is -0.388 e. The summed E-state index contributed by atoms with van der Waals surface area (Å²) in [6.07, 6.45) is -0.944. The van der Waals surface area contributed by atoms with Crippen LogP contribution in [0.5, 0.6) is 0 Å². The monoisotopic (exact) mass is 273 g/mol. The maximum Gasteiger partial charge on any atom is 0.129 e. The summed E-state index contributed by atoms with van der Waals surface area (Å²) >= 11 is 0. The zero-order valence-corrected chi connectivity index (χ0v) is 11.8. The first-order valence-electron chi connectivity index (χ1n) is 6.74. The average molecular weight is 273 g/mol. The summed E-state index contributed by atoms with van der Waals surface area (Å²) in [5.41, 5.74) is 9.06. The molecule has 2 rings (SSSR count). The lowest BCUT2D eigenvalue weighted by Crippen LogP contribution is -2.21. The Morgan fingerprint density at radius 3 is 2.45 bits per heavy atom. The zero-order valence-electron chi connectivity index (χ0n) is 11.8. The first-order valence-corrected chi connectivity index (χ1v) is 6.74. The molecule has 0 saturated heterocycles. The number of hydrogen-bond donors (Lipinski definition) is 2. The summed E-state index contributed by atoms with van der Waals surface area (Å²) in [5, 5.41) is 10.5. The zero-order chi connectivity index (χ0) is 14.7. The highest BCUT2D eigenvalue weighted by molar-refractivity contribution is 5.34. The topological polar surface area (TPSA) is 46.2 Å². The van der Waals surface area contributed by atoms with Crippen LogP contribution < -0.4 is 5.73 Å². The lowest BCUT2D eigenvalue weighted by Gasteiger charge is -2.24. The van der Waals surface area contributed by atoms with Gasteiger partial charge in [-0.15, -0.1) is 0 Å². The van der Waals surface area contributed by atoms with Gasteiger partial charge < -0.3 is 10.8 Å². The second-order valence-corrected chi connectivity index (χ2v) is 5.17. The molecule has 2 aromatic rings. The maximum atomic E-state index is 13.9. The van der Waals surface area contributed by atoms with E-state index in [4.69, 9.17) is 5.73 Å². The van der Waals surface area contributed by atoms with Crippen LogP contribution in [-0.4, -0.2) is 11.7 Å². The molecule has 0 saturated carbocycles. The molecule has 0 aliphatic carbocycles. The van der Waals surface area contributed by atoms with Crippen molar-refractivity contribution in [1.29, 1.82) is 0 Å². The molecular formula is C17H20FNO. The second kappa shape index (κ2) is 6.16. The lowest BCUT2D eigenvalue weighted by molar-refractivity contribution is 0.143. The highest BCUT2D eigenvalue weighted by Gasteiger charge is 2.25. The number of hydrogen-bond acceptors (Lipinski definition) is 2. The van der Waals surface area contributed by atoms with E-state index >= 15 is 0 Å². The summed E-state index contributed by atoms with van der Waals surface area (Å²) in [6.45, 7) is 4.11. The van der Waals surface area contributed by atoms with E-state index in [1.165, 1.54) is 6.07 Å². The van der Waals surface area contributed by atoms with Crippen LogP contribution in [-0.2, 0) is 0 Å². The van der Waals surface area contributed by atoms with Gasteiger partial charge in [-0.2, -0.15) is 0 Å². The number of benzene rings is 2. The summed E-state index contributed by atoms with van der Waals surface area (Å²) in [6, 6.07) is 12.5. The Kier molecular flexibility index (Phi) is 4.53. The summed E-state index contributed by atoms with van der Waals surface area (Å²) in [7, 11) is 0. The van der Waals surface area contributed by atoms with Crippen molar-refractivity contribution < 1.29 is 9.50 Å². The molecule has 0 radical (unpaired) electrons. The molecule has 20 heavy (non-hydrogen) atoms. The van der Waals surface area contributed by atoms with Crippen molar-refractivity contribution in [2.45, 2.75) is 25.9 Å². The Balaban J connectivity index is 2.41. The smallest absolute Gasteiger partial charge is 0.129 e. The standard InChI is InChI=1S/C17H20FNO/c1-11-7-8-16(18)14(9-11)17(20)15(10-19)13-6-4-3-5-12(13)2/h3-9,15,17,20H,10,19H2,1-2H3. The van der Waals surface area contributed by atoms with Crippen LogP contribution in [0.4, 0.5) is 4.39 Å². The van der Waals surface area contributed by atoms with Gasteiger partial charge in [0.05, 0.1) is 6.10 Å². The van der Waals surface area contributed by atoms with Crippen LogP contribution in [0, 0.1) is 19.7 Å². The van der Waals surface area contributed by atoms with Crippen LogP contribution in [0.1, 0.15) is 34.3 Å². The largest absolute Gasteiger partial charge is 0.388 e. The van der Waals surface area contributed by atoms with Crippen molar-refractivity contribution in [3.8, 4) is 0 Å². The number of aryl methyl sites for hydroxylation is 2. The average Bonchev–Trinajstić information content (AvgIpc) is 2.44. The van der Waals surface area contributed by atoms with Crippen molar-refractivity contribution in [3.63, 3.8) is 0 Å². The molecular weight excluding hydrogens is 253 g/mol. The van der Waals surface area contributed by atoms with Gasteiger partial charge in [-0.1, -0.05) is 42.0 Å². The van der Waals surface area contributed by atoms with E-state index in [-0.39, 0.29) is 12.5 Å². The van der Waals surface area contributed by atoms with Gasteiger partial charge in [0, 0.05) is 18.0 Å². The minimum absolute atomic E-state index is 0.263. The molecule has 2 atom stereocenters. The first-order chi connectivity index (χ1) is 9.54. The van der Waals surface area contributed by atoms with Crippen molar-refractivity contribution in [2.24, 2.45) is 5.73 Å². The van der Waals surface area contributed by atoms with Crippen LogP contribution in [0.15, 0.2) is 42.5 Å². The molecule has 0 fully saturated rings. The third kappa shape index (κ3) is 2.89. The quantitative estimate of drug-likeness (QED) is 0.898. The van der Waals surface area contributed by atoms with Crippen molar-refractivity contribution in [2.75, 3.05) is 6.54 Å². The van der Waals surface area contributed by atoms with Crippen LogP contribution in [0.25, 0.3) is 0 Å². The summed E-state index contributed by atoms with van der Waals surface area (Å²) in [5.74, 6) is -0.706. The van der Waals surface area contributed by atoms with Gasteiger partial charge in [0.2, 0.25) is 0 Å². The number of nitrogens with two attached hydrogens (primary N) is 1. The molecule has 106 valence electrons. The first kappa shape index (κ1) is 14.7. The Bertz CT molecular complexity index is 597. The molecule has 2 nitrogen and oxygen atoms in total. The Morgan fingerprint density at radius 2 is 1.80 bits per heavy atom. The second-order valence-electron chi connectivity index (χ2n) is 5.17.